The van der Waals surface area contributed by atoms with E-state index in [1.54, 1.807) is 11.3 Å². The van der Waals surface area contributed by atoms with Crippen molar-refractivity contribution < 1.29 is 0 Å². The van der Waals surface area contributed by atoms with Crippen LogP contribution in [-0.4, -0.2) is 18.1 Å². The molecule has 2 N–H and O–H groups in total. The quantitative estimate of drug-likeness (QED) is 0.810. The van der Waals surface area contributed by atoms with E-state index in [0.717, 1.165) is 32.5 Å². The molecule has 0 saturated carbocycles. The third-order valence-corrected chi connectivity index (χ3v) is 3.89. The molecule has 4 heteroatoms. The van der Waals surface area contributed by atoms with Crippen LogP contribution in [0, 0.1) is 0 Å². The van der Waals surface area contributed by atoms with Crippen LogP contribution in [0.4, 0.5) is 5.69 Å². The maximum Gasteiger partial charge on any atom is 0.0794 e. The Morgan fingerprint density at radius 3 is 3.28 bits per heavy atom. The third-order valence-electron chi connectivity index (χ3n) is 3.25. The van der Waals surface area contributed by atoms with E-state index < -0.39 is 0 Å². The Morgan fingerprint density at radius 1 is 1.39 bits per heavy atom. The standard InChI is InChI=1S/C14H17N3S/c1-2-12-3-6-16-14(12)7-11(1)8-15-5-4-13-9-18-10-17-13/h1-2,7,9-10,15-16H,3-6,8H2. The van der Waals surface area contributed by atoms with Crippen molar-refractivity contribution in [2.24, 2.45) is 0 Å². The van der Waals surface area contributed by atoms with Gasteiger partial charge in [0.2, 0.25) is 0 Å². The Hall–Kier alpha value is -1.39. The van der Waals surface area contributed by atoms with E-state index in [2.05, 4.69) is 39.2 Å². The zero-order valence-electron chi connectivity index (χ0n) is 10.3. The second-order valence-electron chi connectivity index (χ2n) is 4.57. The van der Waals surface area contributed by atoms with Crippen LogP contribution in [-0.2, 0) is 19.4 Å². The highest BCUT2D eigenvalue weighted by Crippen LogP contribution is 2.22. The highest BCUT2D eigenvalue weighted by molar-refractivity contribution is 7.07. The number of benzene rings is 1. The number of hydrogen-bond acceptors (Lipinski definition) is 4. The summed E-state index contributed by atoms with van der Waals surface area (Å²) in [6, 6.07) is 6.73. The lowest BCUT2D eigenvalue weighted by molar-refractivity contribution is 0.681. The largest absolute Gasteiger partial charge is 0.384 e. The van der Waals surface area contributed by atoms with Crippen molar-refractivity contribution in [2.75, 3.05) is 18.4 Å². The number of anilines is 1. The van der Waals surface area contributed by atoms with Gasteiger partial charge in [0.05, 0.1) is 11.2 Å². The predicted octanol–water partition coefficient (Wildman–Crippen LogP) is 2.44. The summed E-state index contributed by atoms with van der Waals surface area (Å²) in [4.78, 5) is 4.28. The van der Waals surface area contributed by atoms with E-state index in [4.69, 9.17) is 0 Å². The van der Waals surface area contributed by atoms with Gasteiger partial charge in [0, 0.05) is 37.1 Å². The van der Waals surface area contributed by atoms with E-state index in [9.17, 15) is 0 Å². The van der Waals surface area contributed by atoms with E-state index >= 15 is 0 Å². The van der Waals surface area contributed by atoms with Crippen molar-refractivity contribution in [3.8, 4) is 0 Å². The average Bonchev–Trinajstić information content (AvgIpc) is 3.05. The summed E-state index contributed by atoms with van der Waals surface area (Å²) in [5.74, 6) is 0. The molecule has 0 radical (unpaired) electrons. The van der Waals surface area contributed by atoms with Gasteiger partial charge in [-0.15, -0.1) is 11.3 Å². The van der Waals surface area contributed by atoms with Gasteiger partial charge in [-0.05, 0) is 23.6 Å². The number of nitrogens with one attached hydrogen (secondary N) is 2. The van der Waals surface area contributed by atoms with Crippen LogP contribution in [0.25, 0.3) is 0 Å². The summed E-state index contributed by atoms with van der Waals surface area (Å²) < 4.78 is 0. The summed E-state index contributed by atoms with van der Waals surface area (Å²) in [6.07, 6.45) is 2.17. The zero-order valence-corrected chi connectivity index (χ0v) is 11.1. The number of aromatic nitrogens is 1. The first kappa shape index (κ1) is 11.7. The fourth-order valence-corrected chi connectivity index (χ4v) is 2.85. The predicted molar refractivity (Wildman–Crippen MR) is 76.2 cm³/mol. The number of hydrogen-bond donors (Lipinski definition) is 2. The number of fused-ring (bicyclic) bond motifs is 1. The average molecular weight is 259 g/mol. The molecule has 0 unspecified atom stereocenters. The molecule has 1 aliphatic rings. The van der Waals surface area contributed by atoms with Crippen LogP contribution in [0.15, 0.2) is 29.1 Å². The topological polar surface area (TPSA) is 37.0 Å². The van der Waals surface area contributed by atoms with Crippen molar-refractivity contribution in [2.45, 2.75) is 19.4 Å². The first-order chi connectivity index (χ1) is 8.92. The Kier molecular flexibility index (Phi) is 3.57. The molecule has 3 nitrogen and oxygen atoms in total. The summed E-state index contributed by atoms with van der Waals surface area (Å²) in [5.41, 5.74) is 7.18. The Balaban J connectivity index is 1.48. The number of rotatable bonds is 5. The monoisotopic (exact) mass is 259 g/mol. The van der Waals surface area contributed by atoms with Gasteiger partial charge in [0.15, 0.2) is 0 Å². The lowest BCUT2D eigenvalue weighted by atomic mass is 10.1. The Morgan fingerprint density at radius 2 is 2.39 bits per heavy atom. The second kappa shape index (κ2) is 5.50. The molecule has 0 amide bonds. The van der Waals surface area contributed by atoms with Crippen LogP contribution < -0.4 is 10.6 Å². The molecule has 1 aromatic heterocycles. The highest BCUT2D eigenvalue weighted by Gasteiger charge is 2.09. The molecule has 1 aromatic carbocycles. The van der Waals surface area contributed by atoms with E-state index in [-0.39, 0.29) is 0 Å². The van der Waals surface area contributed by atoms with Crippen LogP contribution in [0.3, 0.4) is 0 Å². The zero-order chi connectivity index (χ0) is 12.2. The molecular weight excluding hydrogens is 242 g/mol. The van der Waals surface area contributed by atoms with Crippen molar-refractivity contribution in [3.63, 3.8) is 0 Å². The van der Waals surface area contributed by atoms with E-state index in [1.165, 1.54) is 22.5 Å². The maximum atomic E-state index is 4.28. The molecule has 0 bridgehead atoms. The Bertz CT molecular complexity index is 508. The number of thiazole rings is 1. The molecular formula is C14H17N3S. The lowest BCUT2D eigenvalue weighted by Gasteiger charge is -2.06. The van der Waals surface area contributed by atoms with Crippen molar-refractivity contribution in [1.29, 1.82) is 0 Å². The lowest BCUT2D eigenvalue weighted by Crippen LogP contribution is -2.16. The molecule has 2 aromatic rings. The van der Waals surface area contributed by atoms with Crippen molar-refractivity contribution in [3.05, 3.63) is 45.9 Å². The minimum atomic E-state index is 0.930. The first-order valence-electron chi connectivity index (χ1n) is 6.35. The fraction of sp³-hybridized carbons (Fsp3) is 0.357. The van der Waals surface area contributed by atoms with Gasteiger partial charge in [0.1, 0.15) is 0 Å². The molecule has 0 aliphatic carbocycles. The molecule has 3 rings (SSSR count). The SMILES string of the molecule is c1nc(CCNCc2ccc3c(c2)NCC3)cs1. The van der Waals surface area contributed by atoms with E-state index in [0.29, 0.717) is 0 Å². The highest BCUT2D eigenvalue weighted by atomic mass is 32.1. The molecule has 0 saturated heterocycles. The summed E-state index contributed by atoms with van der Waals surface area (Å²) in [6.45, 7) is 2.99. The minimum absolute atomic E-state index is 0.930. The van der Waals surface area contributed by atoms with Crippen LogP contribution >= 0.6 is 11.3 Å². The molecule has 2 heterocycles. The molecule has 0 fully saturated rings. The first-order valence-corrected chi connectivity index (χ1v) is 7.29. The van der Waals surface area contributed by atoms with Gasteiger partial charge in [-0.2, -0.15) is 0 Å². The summed E-state index contributed by atoms with van der Waals surface area (Å²) in [5, 5.41) is 9.00. The van der Waals surface area contributed by atoms with Crippen LogP contribution in [0.5, 0.6) is 0 Å². The van der Waals surface area contributed by atoms with E-state index in [1.807, 2.05) is 5.51 Å². The molecule has 0 atom stereocenters. The van der Waals surface area contributed by atoms with Crippen molar-refractivity contribution >= 4 is 17.0 Å². The summed E-state index contributed by atoms with van der Waals surface area (Å²) in [7, 11) is 0. The molecule has 18 heavy (non-hydrogen) atoms. The Labute approximate surface area is 111 Å². The van der Waals surface area contributed by atoms with Gasteiger partial charge in [0.25, 0.3) is 0 Å². The van der Waals surface area contributed by atoms with Gasteiger partial charge >= 0.3 is 0 Å². The van der Waals surface area contributed by atoms with Gasteiger partial charge in [-0.1, -0.05) is 12.1 Å². The molecule has 94 valence electrons. The van der Waals surface area contributed by atoms with Gasteiger partial charge in [-0.25, -0.2) is 4.98 Å². The van der Waals surface area contributed by atoms with Crippen LogP contribution in [0.1, 0.15) is 16.8 Å². The third kappa shape index (κ3) is 2.71. The number of nitrogens with zero attached hydrogens (tertiary/aromatic N) is 1. The minimum Gasteiger partial charge on any atom is -0.384 e. The summed E-state index contributed by atoms with van der Waals surface area (Å²) >= 11 is 1.66. The van der Waals surface area contributed by atoms with Gasteiger partial charge in [-0.3, -0.25) is 0 Å². The maximum absolute atomic E-state index is 4.28. The smallest absolute Gasteiger partial charge is 0.0794 e. The molecule has 0 spiro atoms. The fourth-order valence-electron chi connectivity index (χ4n) is 2.26. The van der Waals surface area contributed by atoms with Crippen LogP contribution in [0.2, 0.25) is 0 Å². The molecule has 1 aliphatic heterocycles. The second-order valence-corrected chi connectivity index (χ2v) is 5.29. The normalized spacial score (nSPS) is 13.3. The van der Waals surface area contributed by atoms with Crippen molar-refractivity contribution in [1.82, 2.24) is 10.3 Å². The van der Waals surface area contributed by atoms with Gasteiger partial charge < -0.3 is 10.6 Å².